The summed E-state index contributed by atoms with van der Waals surface area (Å²) in [6.07, 6.45) is 4.61. The van der Waals surface area contributed by atoms with Crippen LogP contribution in [0.2, 0.25) is 5.02 Å². The van der Waals surface area contributed by atoms with Crippen LogP contribution in [-0.2, 0) is 4.74 Å². The van der Waals surface area contributed by atoms with Gasteiger partial charge in [-0.2, -0.15) is 0 Å². The number of benzene rings is 2. The lowest BCUT2D eigenvalue weighted by Crippen LogP contribution is -2.52. The highest BCUT2D eigenvalue weighted by Crippen LogP contribution is 2.48. The van der Waals surface area contributed by atoms with E-state index in [0.717, 1.165) is 42.8 Å². The standard InChI is InChI=1S/C21H20ClNO3/c22-13-10-11-15-17(12-13)23-16-8-4-5-9-18(16)26-21(23)20(19(15)24)25-14-6-2-1-3-7-14/h4-5,8-12,14,20-21H,1-3,6-7H2. The van der Waals surface area contributed by atoms with E-state index in [0.29, 0.717) is 10.6 Å². The van der Waals surface area contributed by atoms with Crippen LogP contribution in [0.3, 0.4) is 0 Å². The molecule has 2 atom stereocenters. The summed E-state index contributed by atoms with van der Waals surface area (Å²) in [6, 6.07) is 13.3. The Kier molecular flexibility index (Phi) is 3.91. The molecule has 2 aliphatic heterocycles. The molecule has 0 bridgehead atoms. The van der Waals surface area contributed by atoms with Crippen LogP contribution in [0, 0.1) is 0 Å². The molecule has 134 valence electrons. The number of carbonyl (C=O) groups is 1. The Hall–Kier alpha value is -2.04. The van der Waals surface area contributed by atoms with Crippen LogP contribution >= 0.6 is 11.6 Å². The Morgan fingerprint density at radius 1 is 1.04 bits per heavy atom. The molecule has 2 aromatic rings. The molecule has 0 amide bonds. The average molecular weight is 370 g/mol. The number of hydrogen-bond acceptors (Lipinski definition) is 4. The van der Waals surface area contributed by atoms with Gasteiger partial charge in [-0.1, -0.05) is 43.0 Å². The van der Waals surface area contributed by atoms with E-state index in [1.165, 1.54) is 6.42 Å². The summed E-state index contributed by atoms with van der Waals surface area (Å²) >= 11 is 6.22. The van der Waals surface area contributed by atoms with Gasteiger partial charge in [0.05, 0.1) is 17.5 Å². The monoisotopic (exact) mass is 369 g/mol. The maximum atomic E-state index is 13.2. The number of rotatable bonds is 2. The molecule has 1 aliphatic carbocycles. The van der Waals surface area contributed by atoms with Crippen LogP contribution in [0.4, 0.5) is 11.4 Å². The molecule has 5 heteroatoms. The smallest absolute Gasteiger partial charge is 0.210 e. The topological polar surface area (TPSA) is 38.8 Å². The molecule has 2 aromatic carbocycles. The van der Waals surface area contributed by atoms with Gasteiger partial charge in [0, 0.05) is 10.6 Å². The Morgan fingerprint density at radius 3 is 2.69 bits per heavy atom. The summed E-state index contributed by atoms with van der Waals surface area (Å²) in [7, 11) is 0. The minimum Gasteiger partial charge on any atom is -0.465 e. The van der Waals surface area contributed by atoms with E-state index in [1.807, 2.05) is 30.3 Å². The van der Waals surface area contributed by atoms with Crippen LogP contribution in [0.5, 0.6) is 5.75 Å². The zero-order valence-corrected chi connectivity index (χ0v) is 15.1. The van der Waals surface area contributed by atoms with Crippen molar-refractivity contribution in [3.8, 4) is 5.75 Å². The SMILES string of the molecule is O=C1c2ccc(Cl)cc2N2c3ccccc3OC2C1OC1CCCCC1. The molecule has 2 heterocycles. The highest BCUT2D eigenvalue weighted by molar-refractivity contribution is 6.31. The number of carbonyl (C=O) groups excluding carboxylic acids is 1. The number of fused-ring (bicyclic) bond motifs is 5. The summed E-state index contributed by atoms with van der Waals surface area (Å²) < 4.78 is 12.5. The summed E-state index contributed by atoms with van der Waals surface area (Å²) in [5.41, 5.74) is 2.39. The second kappa shape index (κ2) is 6.29. The van der Waals surface area contributed by atoms with Crippen LogP contribution < -0.4 is 9.64 Å². The maximum Gasteiger partial charge on any atom is 0.210 e. The number of halogens is 1. The summed E-state index contributed by atoms with van der Waals surface area (Å²) in [5, 5.41) is 0.603. The van der Waals surface area contributed by atoms with Gasteiger partial charge in [0.25, 0.3) is 0 Å². The van der Waals surface area contributed by atoms with Crippen molar-refractivity contribution in [1.82, 2.24) is 0 Å². The summed E-state index contributed by atoms with van der Waals surface area (Å²) in [6.45, 7) is 0. The van der Waals surface area contributed by atoms with Gasteiger partial charge in [0.2, 0.25) is 6.23 Å². The van der Waals surface area contributed by atoms with Gasteiger partial charge in [-0.05, 0) is 43.2 Å². The molecule has 0 spiro atoms. The molecule has 3 aliphatic rings. The number of ether oxygens (including phenoxy) is 2. The first-order valence-electron chi connectivity index (χ1n) is 9.26. The Labute approximate surface area is 157 Å². The number of hydrogen-bond donors (Lipinski definition) is 0. The van der Waals surface area contributed by atoms with Crippen LogP contribution in [-0.4, -0.2) is 24.2 Å². The molecule has 1 saturated carbocycles. The normalized spacial score (nSPS) is 24.7. The average Bonchev–Trinajstić information content (AvgIpc) is 3.05. The van der Waals surface area contributed by atoms with Crippen LogP contribution in [0.15, 0.2) is 42.5 Å². The van der Waals surface area contributed by atoms with Gasteiger partial charge in [0.15, 0.2) is 11.9 Å². The Balaban J connectivity index is 1.58. The van der Waals surface area contributed by atoms with Crippen LogP contribution in [0.25, 0.3) is 0 Å². The van der Waals surface area contributed by atoms with Crippen molar-refractivity contribution >= 4 is 28.8 Å². The molecule has 4 nitrogen and oxygen atoms in total. The lowest BCUT2D eigenvalue weighted by atomic mass is 9.94. The molecule has 26 heavy (non-hydrogen) atoms. The second-order valence-corrected chi connectivity index (χ2v) is 7.63. The van der Waals surface area contributed by atoms with Crippen molar-refractivity contribution in [1.29, 1.82) is 0 Å². The third-order valence-electron chi connectivity index (χ3n) is 5.52. The van der Waals surface area contributed by atoms with Crippen molar-refractivity contribution in [2.45, 2.75) is 50.5 Å². The van der Waals surface area contributed by atoms with Crippen LogP contribution in [0.1, 0.15) is 42.5 Å². The van der Waals surface area contributed by atoms with E-state index in [2.05, 4.69) is 4.90 Å². The van der Waals surface area contributed by atoms with E-state index in [-0.39, 0.29) is 11.9 Å². The quantitative estimate of drug-likeness (QED) is 0.737. The molecule has 1 fully saturated rings. The van der Waals surface area contributed by atoms with E-state index in [4.69, 9.17) is 21.1 Å². The Morgan fingerprint density at radius 2 is 1.85 bits per heavy atom. The highest BCUT2D eigenvalue weighted by Gasteiger charge is 2.48. The van der Waals surface area contributed by atoms with E-state index in [9.17, 15) is 4.79 Å². The predicted molar refractivity (Wildman–Crippen MR) is 101 cm³/mol. The fraction of sp³-hybridized carbons (Fsp3) is 0.381. The first-order chi connectivity index (χ1) is 12.7. The molecular weight excluding hydrogens is 350 g/mol. The summed E-state index contributed by atoms with van der Waals surface area (Å²) in [5.74, 6) is 0.756. The van der Waals surface area contributed by atoms with Crippen molar-refractivity contribution in [2.24, 2.45) is 0 Å². The second-order valence-electron chi connectivity index (χ2n) is 7.19. The number of anilines is 2. The van der Waals surface area contributed by atoms with E-state index >= 15 is 0 Å². The fourth-order valence-corrected chi connectivity index (χ4v) is 4.44. The largest absolute Gasteiger partial charge is 0.465 e. The molecule has 5 rings (SSSR count). The number of nitrogens with zero attached hydrogens (tertiary/aromatic N) is 1. The lowest BCUT2D eigenvalue weighted by Gasteiger charge is -2.38. The molecule has 0 aromatic heterocycles. The first kappa shape index (κ1) is 16.2. The van der Waals surface area contributed by atoms with Crippen molar-refractivity contribution in [2.75, 3.05) is 4.90 Å². The van der Waals surface area contributed by atoms with Gasteiger partial charge in [0.1, 0.15) is 5.75 Å². The van der Waals surface area contributed by atoms with Gasteiger partial charge in [-0.25, -0.2) is 0 Å². The minimum absolute atomic E-state index is 0.0173. The number of para-hydroxylation sites is 2. The summed E-state index contributed by atoms with van der Waals surface area (Å²) in [4.78, 5) is 15.3. The van der Waals surface area contributed by atoms with Crippen molar-refractivity contribution in [3.05, 3.63) is 53.1 Å². The molecular formula is C21H20ClNO3. The molecule has 0 radical (unpaired) electrons. The number of ketones is 1. The predicted octanol–water partition coefficient (Wildman–Crippen LogP) is 5.11. The van der Waals surface area contributed by atoms with Gasteiger partial charge < -0.3 is 9.47 Å². The lowest BCUT2D eigenvalue weighted by molar-refractivity contribution is -0.0579. The number of Topliss-reactive ketones (excluding diaryl/α,β-unsaturated/α-hetero) is 1. The molecule has 0 N–H and O–H groups in total. The van der Waals surface area contributed by atoms with Crippen molar-refractivity contribution in [3.63, 3.8) is 0 Å². The first-order valence-corrected chi connectivity index (χ1v) is 9.64. The van der Waals surface area contributed by atoms with Crippen molar-refractivity contribution < 1.29 is 14.3 Å². The minimum atomic E-state index is -0.626. The molecule has 0 saturated heterocycles. The van der Waals surface area contributed by atoms with E-state index < -0.39 is 12.3 Å². The maximum absolute atomic E-state index is 13.2. The zero-order valence-electron chi connectivity index (χ0n) is 14.4. The highest BCUT2D eigenvalue weighted by atomic mass is 35.5. The third-order valence-corrected chi connectivity index (χ3v) is 5.76. The zero-order chi connectivity index (χ0) is 17.7. The van der Waals surface area contributed by atoms with Gasteiger partial charge >= 0.3 is 0 Å². The molecule has 2 unspecified atom stereocenters. The fourth-order valence-electron chi connectivity index (χ4n) is 4.27. The van der Waals surface area contributed by atoms with Gasteiger partial charge in [-0.15, -0.1) is 0 Å². The third kappa shape index (κ3) is 2.51. The Bertz CT molecular complexity index is 862. The van der Waals surface area contributed by atoms with Gasteiger partial charge in [-0.3, -0.25) is 9.69 Å². The van der Waals surface area contributed by atoms with E-state index in [1.54, 1.807) is 12.1 Å².